The third-order valence-corrected chi connectivity index (χ3v) is 2.35. The third-order valence-electron chi connectivity index (χ3n) is 2.01. The lowest BCUT2D eigenvalue weighted by Crippen LogP contribution is -2.09. The van der Waals surface area contributed by atoms with Crippen LogP contribution in [-0.4, -0.2) is 28.7 Å². The lowest BCUT2D eigenvalue weighted by molar-refractivity contribution is 0.196. The van der Waals surface area contributed by atoms with Gasteiger partial charge in [-0.25, -0.2) is 4.68 Å². The average molecular weight is 218 g/mol. The minimum absolute atomic E-state index is 0.160. The van der Waals surface area contributed by atoms with E-state index in [1.165, 1.54) is 0 Å². The summed E-state index contributed by atoms with van der Waals surface area (Å²) in [5, 5.41) is 7.67. The minimum Gasteiger partial charge on any atom is -0.383 e. The van der Waals surface area contributed by atoms with Gasteiger partial charge >= 0.3 is 0 Å². The van der Waals surface area contributed by atoms with Crippen LogP contribution in [0, 0.1) is 0 Å². The fourth-order valence-corrected chi connectivity index (χ4v) is 1.52. The molecule has 80 valence electrons. The van der Waals surface area contributed by atoms with Crippen LogP contribution in [-0.2, 0) is 11.3 Å². The molecule has 0 radical (unpaired) electrons. The summed E-state index contributed by atoms with van der Waals surface area (Å²) < 4.78 is 6.83. The van der Waals surface area contributed by atoms with Crippen LogP contribution in [0.5, 0.6) is 0 Å². The molecule has 0 saturated carbocycles. The number of rotatable bonds is 6. The molecule has 0 aliphatic heterocycles. The highest BCUT2D eigenvalue weighted by Gasteiger charge is 2.13. The van der Waals surface area contributed by atoms with Crippen molar-refractivity contribution in [1.82, 2.24) is 15.0 Å². The molecular formula is C9H16ClN3O. The summed E-state index contributed by atoms with van der Waals surface area (Å²) in [7, 11) is 1.63. The highest BCUT2D eigenvalue weighted by atomic mass is 35.5. The van der Waals surface area contributed by atoms with Crippen molar-refractivity contribution >= 4 is 11.6 Å². The first kappa shape index (κ1) is 11.5. The standard InChI is InChI=1S/C9H16ClN3O/c1-3-4-5-13-9(6-11-12-13)8(10)7-14-2/h6,8H,3-5,7H2,1-2H3. The van der Waals surface area contributed by atoms with E-state index in [0.717, 1.165) is 25.1 Å². The Bertz CT molecular complexity index is 264. The molecule has 1 rings (SSSR count). The highest BCUT2D eigenvalue weighted by molar-refractivity contribution is 6.20. The second-order valence-corrected chi connectivity index (χ2v) is 3.69. The highest BCUT2D eigenvalue weighted by Crippen LogP contribution is 2.19. The molecule has 1 aromatic heterocycles. The molecule has 5 heteroatoms. The van der Waals surface area contributed by atoms with E-state index in [4.69, 9.17) is 16.3 Å². The Morgan fingerprint density at radius 1 is 1.64 bits per heavy atom. The number of hydrogen-bond donors (Lipinski definition) is 0. The summed E-state index contributed by atoms with van der Waals surface area (Å²) in [6.45, 7) is 3.50. The van der Waals surface area contributed by atoms with Crippen LogP contribution < -0.4 is 0 Å². The van der Waals surface area contributed by atoms with Gasteiger partial charge in [0.25, 0.3) is 0 Å². The smallest absolute Gasteiger partial charge is 0.100 e. The first-order valence-corrected chi connectivity index (χ1v) is 5.24. The van der Waals surface area contributed by atoms with Crippen molar-refractivity contribution in [3.8, 4) is 0 Å². The summed E-state index contributed by atoms with van der Waals surface area (Å²) in [6, 6.07) is 0. The first-order chi connectivity index (χ1) is 6.79. The number of methoxy groups -OCH3 is 1. The number of hydrogen-bond acceptors (Lipinski definition) is 3. The van der Waals surface area contributed by atoms with Crippen LogP contribution in [0.2, 0.25) is 0 Å². The van der Waals surface area contributed by atoms with Crippen LogP contribution in [0.3, 0.4) is 0 Å². The van der Waals surface area contributed by atoms with Crippen molar-refractivity contribution in [1.29, 1.82) is 0 Å². The summed E-state index contributed by atoms with van der Waals surface area (Å²) >= 11 is 6.11. The molecule has 0 amide bonds. The van der Waals surface area contributed by atoms with Gasteiger partial charge in [-0.3, -0.25) is 0 Å². The van der Waals surface area contributed by atoms with Gasteiger partial charge < -0.3 is 4.74 Å². The predicted octanol–water partition coefficient (Wildman–Crippen LogP) is 2.00. The molecule has 4 nitrogen and oxygen atoms in total. The number of alkyl halides is 1. The lowest BCUT2D eigenvalue weighted by Gasteiger charge is -2.09. The van der Waals surface area contributed by atoms with Gasteiger partial charge in [-0.2, -0.15) is 0 Å². The summed E-state index contributed by atoms with van der Waals surface area (Å²) in [4.78, 5) is 0. The Morgan fingerprint density at radius 2 is 2.43 bits per heavy atom. The third kappa shape index (κ3) is 2.96. The Hall–Kier alpha value is -0.610. The first-order valence-electron chi connectivity index (χ1n) is 4.81. The Morgan fingerprint density at radius 3 is 3.07 bits per heavy atom. The zero-order valence-electron chi connectivity index (χ0n) is 8.61. The molecule has 0 aliphatic rings. The Kier molecular flexibility index (Phi) is 4.90. The lowest BCUT2D eigenvalue weighted by atomic mass is 10.3. The number of aryl methyl sites for hydroxylation is 1. The number of halogens is 1. The van der Waals surface area contributed by atoms with Gasteiger partial charge in [0, 0.05) is 13.7 Å². The molecule has 0 aromatic carbocycles. The normalized spacial score (nSPS) is 13.1. The second kappa shape index (κ2) is 5.98. The summed E-state index contributed by atoms with van der Waals surface area (Å²) in [6.07, 6.45) is 3.93. The zero-order chi connectivity index (χ0) is 10.4. The number of nitrogens with zero attached hydrogens (tertiary/aromatic N) is 3. The summed E-state index contributed by atoms with van der Waals surface area (Å²) in [5.41, 5.74) is 0.932. The van der Waals surface area contributed by atoms with Gasteiger partial charge in [0.05, 0.1) is 18.5 Å². The second-order valence-electron chi connectivity index (χ2n) is 3.16. The fourth-order valence-electron chi connectivity index (χ4n) is 1.22. The molecule has 0 bridgehead atoms. The van der Waals surface area contributed by atoms with E-state index in [1.54, 1.807) is 13.3 Å². The molecule has 14 heavy (non-hydrogen) atoms. The molecule has 1 atom stereocenters. The maximum Gasteiger partial charge on any atom is 0.100 e. The molecule has 0 spiro atoms. The predicted molar refractivity (Wildman–Crippen MR) is 55.4 cm³/mol. The SMILES string of the molecule is CCCCn1nncc1C(Cl)COC. The van der Waals surface area contributed by atoms with E-state index < -0.39 is 0 Å². The monoisotopic (exact) mass is 217 g/mol. The molecule has 0 N–H and O–H groups in total. The van der Waals surface area contributed by atoms with Crippen molar-refractivity contribution in [2.45, 2.75) is 31.7 Å². The van der Waals surface area contributed by atoms with Gasteiger partial charge in [0.1, 0.15) is 5.38 Å². The van der Waals surface area contributed by atoms with E-state index in [9.17, 15) is 0 Å². The fraction of sp³-hybridized carbons (Fsp3) is 0.778. The molecular weight excluding hydrogens is 202 g/mol. The largest absolute Gasteiger partial charge is 0.383 e. The van der Waals surface area contributed by atoms with Gasteiger partial charge in [-0.1, -0.05) is 18.6 Å². The molecule has 1 heterocycles. The van der Waals surface area contributed by atoms with Gasteiger partial charge in [-0.15, -0.1) is 16.7 Å². The van der Waals surface area contributed by atoms with E-state index in [-0.39, 0.29) is 5.38 Å². The maximum absolute atomic E-state index is 6.11. The van der Waals surface area contributed by atoms with Gasteiger partial charge in [-0.05, 0) is 6.42 Å². The van der Waals surface area contributed by atoms with Crippen molar-refractivity contribution in [3.63, 3.8) is 0 Å². The quantitative estimate of drug-likeness (QED) is 0.685. The number of unbranched alkanes of at least 4 members (excludes halogenated alkanes) is 1. The van der Waals surface area contributed by atoms with Crippen LogP contribution >= 0.6 is 11.6 Å². The van der Waals surface area contributed by atoms with Gasteiger partial charge in [0.15, 0.2) is 0 Å². The molecule has 0 saturated heterocycles. The molecule has 0 fully saturated rings. The number of ether oxygens (including phenoxy) is 1. The van der Waals surface area contributed by atoms with E-state index in [2.05, 4.69) is 17.2 Å². The van der Waals surface area contributed by atoms with Crippen LogP contribution in [0.25, 0.3) is 0 Å². The number of aromatic nitrogens is 3. The van der Waals surface area contributed by atoms with Crippen molar-refractivity contribution < 1.29 is 4.74 Å². The molecule has 1 aromatic rings. The maximum atomic E-state index is 6.11. The summed E-state index contributed by atoms with van der Waals surface area (Å²) in [5.74, 6) is 0. The van der Waals surface area contributed by atoms with E-state index in [0.29, 0.717) is 6.61 Å². The van der Waals surface area contributed by atoms with Crippen molar-refractivity contribution in [2.75, 3.05) is 13.7 Å². The Labute approximate surface area is 89.2 Å². The molecule has 0 aliphatic carbocycles. The van der Waals surface area contributed by atoms with Crippen molar-refractivity contribution in [3.05, 3.63) is 11.9 Å². The Balaban J connectivity index is 2.61. The topological polar surface area (TPSA) is 39.9 Å². The van der Waals surface area contributed by atoms with Crippen LogP contribution in [0.15, 0.2) is 6.20 Å². The zero-order valence-corrected chi connectivity index (χ0v) is 9.37. The minimum atomic E-state index is -0.160. The van der Waals surface area contributed by atoms with Crippen LogP contribution in [0.4, 0.5) is 0 Å². The van der Waals surface area contributed by atoms with Crippen molar-refractivity contribution in [2.24, 2.45) is 0 Å². The van der Waals surface area contributed by atoms with Crippen LogP contribution in [0.1, 0.15) is 30.8 Å². The van der Waals surface area contributed by atoms with E-state index >= 15 is 0 Å². The van der Waals surface area contributed by atoms with Gasteiger partial charge in [0.2, 0.25) is 0 Å². The average Bonchev–Trinajstić information content (AvgIpc) is 2.63. The molecule has 1 unspecified atom stereocenters. The van der Waals surface area contributed by atoms with E-state index in [1.807, 2.05) is 4.68 Å².